The summed E-state index contributed by atoms with van der Waals surface area (Å²) < 4.78 is 1.95. The molecule has 0 saturated carbocycles. The van der Waals surface area contributed by atoms with Crippen LogP contribution in [0.4, 0.5) is 0 Å². The summed E-state index contributed by atoms with van der Waals surface area (Å²) >= 11 is 1.74. The Morgan fingerprint density at radius 1 is 1.40 bits per heavy atom. The molecule has 3 heterocycles. The van der Waals surface area contributed by atoms with E-state index >= 15 is 0 Å². The van der Waals surface area contributed by atoms with Gasteiger partial charge in [-0.05, 0) is 12.1 Å². The third-order valence-electron chi connectivity index (χ3n) is 3.99. The molecule has 2 N–H and O–H groups in total. The molecule has 0 bridgehead atoms. The minimum absolute atomic E-state index is 0.0534. The molecule has 1 fully saturated rings. The standard InChI is InChI=1S/C14H14N4OS/c1-17-9-5-3-2-4-8(9)16-14(17)11-12(19)10-6-20-7-18(10)13(11)15/h2-5,10,15,19H,6-7H2,1H3. The molecular weight excluding hydrogens is 272 g/mol. The molecular formula is C14H14N4OS. The molecule has 1 aromatic carbocycles. The molecule has 1 atom stereocenters. The fourth-order valence-electron chi connectivity index (χ4n) is 2.91. The fraction of sp³-hybridized carbons (Fsp3) is 0.286. The lowest BCUT2D eigenvalue weighted by Crippen LogP contribution is -2.30. The maximum atomic E-state index is 10.5. The van der Waals surface area contributed by atoms with Crippen molar-refractivity contribution < 1.29 is 5.11 Å². The van der Waals surface area contributed by atoms with Crippen molar-refractivity contribution >= 4 is 34.2 Å². The predicted octanol–water partition coefficient (Wildman–Crippen LogP) is 2.21. The van der Waals surface area contributed by atoms with E-state index in [1.165, 1.54) is 0 Å². The summed E-state index contributed by atoms with van der Waals surface area (Å²) in [5, 5.41) is 18.8. The molecule has 5 nitrogen and oxygen atoms in total. The van der Waals surface area contributed by atoms with E-state index in [0.717, 1.165) is 22.7 Å². The molecule has 2 aliphatic heterocycles. The number of nitrogens with zero attached hydrogens (tertiary/aromatic N) is 3. The zero-order chi connectivity index (χ0) is 13.9. The molecule has 1 saturated heterocycles. The molecule has 1 unspecified atom stereocenters. The Balaban J connectivity index is 1.93. The van der Waals surface area contributed by atoms with Crippen molar-refractivity contribution in [2.75, 3.05) is 11.6 Å². The summed E-state index contributed by atoms with van der Waals surface area (Å²) in [6, 6.07) is 7.81. The van der Waals surface area contributed by atoms with Crippen LogP contribution in [-0.2, 0) is 7.05 Å². The van der Waals surface area contributed by atoms with Gasteiger partial charge in [-0.1, -0.05) is 12.1 Å². The summed E-state index contributed by atoms with van der Waals surface area (Å²) in [7, 11) is 1.93. The number of rotatable bonds is 1. The molecule has 0 radical (unpaired) electrons. The minimum Gasteiger partial charge on any atom is -0.509 e. The van der Waals surface area contributed by atoms with Crippen molar-refractivity contribution in [3.8, 4) is 0 Å². The summed E-state index contributed by atoms with van der Waals surface area (Å²) in [6.07, 6.45) is 0. The Morgan fingerprint density at radius 3 is 2.95 bits per heavy atom. The van der Waals surface area contributed by atoms with Crippen molar-refractivity contribution in [3.63, 3.8) is 0 Å². The van der Waals surface area contributed by atoms with Gasteiger partial charge in [0.05, 0.1) is 28.5 Å². The molecule has 0 spiro atoms. The van der Waals surface area contributed by atoms with E-state index in [1.807, 2.05) is 40.8 Å². The van der Waals surface area contributed by atoms with Crippen LogP contribution >= 0.6 is 11.8 Å². The van der Waals surface area contributed by atoms with Gasteiger partial charge in [0, 0.05) is 12.8 Å². The first-order valence-corrected chi connectivity index (χ1v) is 7.62. The number of para-hydroxylation sites is 2. The first-order chi connectivity index (χ1) is 9.68. The summed E-state index contributed by atoms with van der Waals surface area (Å²) in [5.74, 6) is 2.95. The summed E-state index contributed by atoms with van der Waals surface area (Å²) in [5.41, 5.74) is 2.48. The van der Waals surface area contributed by atoms with Gasteiger partial charge in [0.2, 0.25) is 0 Å². The Labute approximate surface area is 120 Å². The number of fused-ring (bicyclic) bond motifs is 2. The van der Waals surface area contributed by atoms with Gasteiger partial charge in [-0.2, -0.15) is 0 Å². The Bertz CT molecular complexity index is 764. The first kappa shape index (κ1) is 11.8. The second kappa shape index (κ2) is 4.02. The van der Waals surface area contributed by atoms with Crippen LogP contribution in [0, 0.1) is 5.41 Å². The minimum atomic E-state index is -0.0534. The highest BCUT2D eigenvalue weighted by Crippen LogP contribution is 2.38. The smallest absolute Gasteiger partial charge is 0.148 e. The van der Waals surface area contributed by atoms with Gasteiger partial charge in [0.25, 0.3) is 0 Å². The van der Waals surface area contributed by atoms with Gasteiger partial charge in [-0.3, -0.25) is 5.41 Å². The number of imidazole rings is 1. The molecule has 0 aliphatic carbocycles. The number of nitrogens with one attached hydrogen (secondary N) is 1. The summed E-state index contributed by atoms with van der Waals surface area (Å²) in [6.45, 7) is 0. The van der Waals surface area contributed by atoms with E-state index in [-0.39, 0.29) is 6.04 Å². The fourth-order valence-corrected chi connectivity index (χ4v) is 4.08. The maximum Gasteiger partial charge on any atom is 0.148 e. The van der Waals surface area contributed by atoms with E-state index < -0.39 is 0 Å². The molecule has 102 valence electrons. The lowest BCUT2D eigenvalue weighted by atomic mass is 10.2. The Morgan fingerprint density at radius 2 is 2.20 bits per heavy atom. The van der Waals surface area contributed by atoms with Crippen molar-refractivity contribution in [3.05, 3.63) is 35.8 Å². The van der Waals surface area contributed by atoms with Gasteiger partial charge in [-0.25, -0.2) is 4.98 Å². The third-order valence-corrected chi connectivity index (χ3v) is 5.00. The number of hydrogen-bond acceptors (Lipinski definition) is 4. The van der Waals surface area contributed by atoms with Crippen LogP contribution in [0.2, 0.25) is 0 Å². The number of aromatic nitrogens is 2. The highest BCUT2D eigenvalue weighted by molar-refractivity contribution is 7.99. The number of amidine groups is 1. The van der Waals surface area contributed by atoms with E-state index in [9.17, 15) is 5.11 Å². The van der Waals surface area contributed by atoms with Crippen molar-refractivity contribution in [2.24, 2.45) is 7.05 Å². The van der Waals surface area contributed by atoms with Gasteiger partial charge >= 0.3 is 0 Å². The number of aliphatic hydroxyl groups excluding tert-OH is 1. The second-order valence-corrected chi connectivity index (χ2v) is 6.08. The van der Waals surface area contributed by atoms with Crippen LogP contribution in [0.3, 0.4) is 0 Å². The van der Waals surface area contributed by atoms with Crippen LogP contribution in [0.5, 0.6) is 0 Å². The van der Waals surface area contributed by atoms with Crippen molar-refractivity contribution in [2.45, 2.75) is 6.04 Å². The molecule has 0 amide bonds. The topological polar surface area (TPSA) is 65.1 Å². The Hall–Kier alpha value is -1.95. The van der Waals surface area contributed by atoms with Crippen LogP contribution < -0.4 is 0 Å². The molecule has 1 aromatic heterocycles. The molecule has 2 aliphatic rings. The predicted molar refractivity (Wildman–Crippen MR) is 80.9 cm³/mol. The van der Waals surface area contributed by atoms with E-state index in [2.05, 4.69) is 4.98 Å². The monoisotopic (exact) mass is 286 g/mol. The lowest BCUT2D eigenvalue weighted by molar-refractivity contribution is 0.320. The lowest BCUT2D eigenvalue weighted by Gasteiger charge is -2.16. The van der Waals surface area contributed by atoms with Crippen LogP contribution in [-0.4, -0.2) is 43.1 Å². The molecule has 20 heavy (non-hydrogen) atoms. The molecule has 6 heteroatoms. The number of hydrogen-bond donors (Lipinski definition) is 2. The van der Waals surface area contributed by atoms with Crippen LogP contribution in [0.25, 0.3) is 16.6 Å². The number of benzene rings is 1. The zero-order valence-corrected chi connectivity index (χ0v) is 11.8. The van der Waals surface area contributed by atoms with Gasteiger partial charge in [0.15, 0.2) is 0 Å². The number of thioether (sulfide) groups is 1. The van der Waals surface area contributed by atoms with Crippen LogP contribution in [0.1, 0.15) is 5.82 Å². The number of aryl methyl sites for hydroxylation is 1. The highest BCUT2D eigenvalue weighted by Gasteiger charge is 2.42. The van der Waals surface area contributed by atoms with E-state index in [0.29, 0.717) is 23.0 Å². The number of aliphatic hydroxyl groups is 1. The maximum absolute atomic E-state index is 10.5. The van der Waals surface area contributed by atoms with Gasteiger partial charge in [-0.15, -0.1) is 11.8 Å². The quantitative estimate of drug-likeness (QED) is 0.843. The first-order valence-electron chi connectivity index (χ1n) is 6.46. The SMILES string of the molecule is Cn1c(C2=C(O)C3CSCN3C2=N)nc2ccccc21. The summed E-state index contributed by atoms with van der Waals surface area (Å²) in [4.78, 5) is 6.53. The second-order valence-electron chi connectivity index (χ2n) is 5.08. The Kier molecular flexibility index (Phi) is 2.38. The normalized spacial score (nSPS) is 22.1. The van der Waals surface area contributed by atoms with Crippen molar-refractivity contribution in [1.29, 1.82) is 5.41 Å². The van der Waals surface area contributed by atoms with Gasteiger partial charge in [0.1, 0.15) is 17.4 Å². The zero-order valence-electron chi connectivity index (χ0n) is 11.0. The van der Waals surface area contributed by atoms with E-state index in [1.54, 1.807) is 11.8 Å². The highest BCUT2D eigenvalue weighted by atomic mass is 32.2. The molecule has 4 rings (SSSR count). The van der Waals surface area contributed by atoms with Crippen LogP contribution in [0.15, 0.2) is 30.0 Å². The largest absolute Gasteiger partial charge is 0.509 e. The van der Waals surface area contributed by atoms with Crippen molar-refractivity contribution in [1.82, 2.24) is 14.5 Å². The third kappa shape index (κ3) is 1.39. The molecule has 2 aromatic rings. The average molecular weight is 286 g/mol. The van der Waals surface area contributed by atoms with Gasteiger partial charge < -0.3 is 14.6 Å². The average Bonchev–Trinajstić information content (AvgIpc) is 3.10. The van der Waals surface area contributed by atoms with E-state index in [4.69, 9.17) is 5.41 Å².